The van der Waals surface area contributed by atoms with E-state index in [2.05, 4.69) is 34.5 Å². The van der Waals surface area contributed by atoms with Gasteiger partial charge in [0.1, 0.15) is 11.6 Å². The number of pyridine rings is 1. The quantitative estimate of drug-likeness (QED) is 0.345. The third kappa shape index (κ3) is 6.86. The standard InChI is InChI=1S/C27H32N4O4/c1-20-5-4-6-22(15-20)19-28-30-26-17-23(18-27(29-26)31-10-13-34-14-11-31)35-12-9-21-7-8-24(32-2)25(16-21)33-3/h4-8,15-19H,9-14H2,1-3H3,(H,29,30)/b28-19+. The van der Waals surface area contributed by atoms with E-state index in [-0.39, 0.29) is 0 Å². The van der Waals surface area contributed by atoms with Crippen LogP contribution in [-0.4, -0.2) is 58.3 Å². The SMILES string of the molecule is COc1ccc(CCOc2cc(N/N=C/c3cccc(C)c3)nc(N3CCOCC3)c2)cc1OC. The van der Waals surface area contributed by atoms with Crippen molar-refractivity contribution in [2.75, 3.05) is 57.5 Å². The van der Waals surface area contributed by atoms with Crippen LogP contribution in [0.4, 0.5) is 11.6 Å². The molecule has 0 bridgehead atoms. The van der Waals surface area contributed by atoms with E-state index in [9.17, 15) is 0 Å². The van der Waals surface area contributed by atoms with E-state index < -0.39 is 0 Å². The van der Waals surface area contributed by atoms with Crippen molar-refractivity contribution in [2.24, 2.45) is 5.10 Å². The molecule has 0 radical (unpaired) electrons. The number of aromatic nitrogens is 1. The predicted octanol–water partition coefficient (Wildman–Crippen LogP) is 4.31. The second-order valence-corrected chi connectivity index (χ2v) is 8.22. The molecule has 1 N–H and O–H groups in total. The molecule has 1 aromatic heterocycles. The van der Waals surface area contributed by atoms with Crippen LogP contribution < -0.4 is 24.5 Å². The lowest BCUT2D eigenvalue weighted by Gasteiger charge is -2.28. The van der Waals surface area contributed by atoms with Gasteiger partial charge in [0.05, 0.1) is 40.3 Å². The summed E-state index contributed by atoms with van der Waals surface area (Å²) in [6.07, 6.45) is 2.51. The summed E-state index contributed by atoms with van der Waals surface area (Å²) in [6, 6.07) is 17.9. The highest BCUT2D eigenvalue weighted by Gasteiger charge is 2.15. The average molecular weight is 477 g/mol. The molecule has 0 spiro atoms. The number of nitrogens with zero attached hydrogens (tertiary/aromatic N) is 3. The number of rotatable bonds is 10. The first kappa shape index (κ1) is 24.3. The highest BCUT2D eigenvalue weighted by Crippen LogP contribution is 2.28. The molecule has 1 aliphatic rings. The lowest BCUT2D eigenvalue weighted by Crippen LogP contribution is -2.36. The summed E-state index contributed by atoms with van der Waals surface area (Å²) in [5.41, 5.74) is 6.37. The molecular weight excluding hydrogens is 444 g/mol. The summed E-state index contributed by atoms with van der Waals surface area (Å²) in [7, 11) is 3.27. The van der Waals surface area contributed by atoms with Gasteiger partial charge in [-0.25, -0.2) is 4.98 Å². The van der Waals surface area contributed by atoms with Gasteiger partial charge >= 0.3 is 0 Å². The number of methoxy groups -OCH3 is 2. The largest absolute Gasteiger partial charge is 0.493 e. The number of ether oxygens (including phenoxy) is 4. The van der Waals surface area contributed by atoms with Crippen molar-refractivity contribution in [1.29, 1.82) is 0 Å². The minimum atomic E-state index is 0.508. The number of hydrogen-bond donors (Lipinski definition) is 1. The smallest absolute Gasteiger partial charge is 0.160 e. The topological polar surface area (TPSA) is 77.4 Å². The number of nitrogens with one attached hydrogen (secondary N) is 1. The van der Waals surface area contributed by atoms with Crippen LogP contribution in [0.1, 0.15) is 16.7 Å². The zero-order valence-electron chi connectivity index (χ0n) is 20.5. The minimum Gasteiger partial charge on any atom is -0.493 e. The maximum Gasteiger partial charge on any atom is 0.160 e. The molecule has 2 aromatic carbocycles. The highest BCUT2D eigenvalue weighted by atomic mass is 16.5. The Morgan fingerprint density at radius 2 is 1.86 bits per heavy atom. The van der Waals surface area contributed by atoms with Crippen LogP contribution in [0.5, 0.6) is 17.2 Å². The fraction of sp³-hybridized carbons (Fsp3) is 0.333. The van der Waals surface area contributed by atoms with Crippen LogP contribution in [-0.2, 0) is 11.2 Å². The zero-order valence-corrected chi connectivity index (χ0v) is 20.5. The summed E-state index contributed by atoms with van der Waals surface area (Å²) in [5, 5.41) is 4.38. The zero-order chi connectivity index (χ0) is 24.5. The normalized spacial score (nSPS) is 13.6. The minimum absolute atomic E-state index is 0.508. The molecule has 2 heterocycles. The van der Waals surface area contributed by atoms with Gasteiger partial charge in [0.25, 0.3) is 0 Å². The highest BCUT2D eigenvalue weighted by molar-refractivity contribution is 5.80. The fourth-order valence-corrected chi connectivity index (χ4v) is 3.83. The summed E-state index contributed by atoms with van der Waals surface area (Å²) in [5.74, 6) is 3.62. The van der Waals surface area contributed by atoms with E-state index in [0.717, 1.165) is 42.2 Å². The molecule has 1 aliphatic heterocycles. The van der Waals surface area contributed by atoms with Crippen LogP contribution in [0.3, 0.4) is 0 Å². The van der Waals surface area contributed by atoms with Gasteiger partial charge in [0.2, 0.25) is 0 Å². The lowest BCUT2D eigenvalue weighted by atomic mass is 10.1. The van der Waals surface area contributed by atoms with Gasteiger partial charge in [-0.2, -0.15) is 5.10 Å². The summed E-state index contributed by atoms with van der Waals surface area (Å²) in [4.78, 5) is 6.94. The van der Waals surface area contributed by atoms with Crippen molar-refractivity contribution >= 4 is 17.9 Å². The summed E-state index contributed by atoms with van der Waals surface area (Å²) in [6.45, 7) is 5.50. The lowest BCUT2D eigenvalue weighted by molar-refractivity contribution is 0.122. The number of morpholine rings is 1. The van der Waals surface area contributed by atoms with E-state index in [1.807, 2.05) is 42.5 Å². The van der Waals surface area contributed by atoms with Gasteiger partial charge in [0.15, 0.2) is 17.3 Å². The molecule has 0 atom stereocenters. The van der Waals surface area contributed by atoms with Crippen molar-refractivity contribution in [3.8, 4) is 17.2 Å². The number of aryl methyl sites for hydroxylation is 1. The van der Waals surface area contributed by atoms with Crippen LogP contribution >= 0.6 is 0 Å². The van der Waals surface area contributed by atoms with Crippen molar-refractivity contribution in [3.05, 3.63) is 71.3 Å². The van der Waals surface area contributed by atoms with Crippen molar-refractivity contribution in [3.63, 3.8) is 0 Å². The Hall–Kier alpha value is -3.78. The van der Waals surface area contributed by atoms with Crippen molar-refractivity contribution < 1.29 is 18.9 Å². The summed E-state index contributed by atoms with van der Waals surface area (Å²) >= 11 is 0. The fourth-order valence-electron chi connectivity index (χ4n) is 3.83. The second kappa shape index (κ2) is 12.1. The third-order valence-corrected chi connectivity index (χ3v) is 5.66. The molecule has 0 unspecified atom stereocenters. The Balaban J connectivity index is 1.46. The Morgan fingerprint density at radius 3 is 2.63 bits per heavy atom. The number of hydrogen-bond acceptors (Lipinski definition) is 8. The average Bonchev–Trinajstić information content (AvgIpc) is 2.89. The first-order valence-corrected chi connectivity index (χ1v) is 11.7. The van der Waals surface area contributed by atoms with E-state index in [1.165, 1.54) is 5.56 Å². The molecule has 0 amide bonds. The maximum atomic E-state index is 6.13. The van der Waals surface area contributed by atoms with Crippen molar-refractivity contribution in [2.45, 2.75) is 13.3 Å². The molecule has 0 aliphatic carbocycles. The maximum absolute atomic E-state index is 6.13. The Labute approximate surface area is 206 Å². The van der Waals surface area contributed by atoms with Gasteiger partial charge in [-0.1, -0.05) is 35.9 Å². The molecular formula is C27H32N4O4. The third-order valence-electron chi connectivity index (χ3n) is 5.66. The van der Waals surface area contributed by atoms with Gasteiger partial charge in [-0.15, -0.1) is 0 Å². The van der Waals surface area contributed by atoms with Crippen LogP contribution in [0.25, 0.3) is 0 Å². The number of anilines is 2. The second-order valence-electron chi connectivity index (χ2n) is 8.22. The molecule has 8 heteroatoms. The van der Waals surface area contributed by atoms with Crippen LogP contribution in [0.15, 0.2) is 59.7 Å². The van der Waals surface area contributed by atoms with Crippen LogP contribution in [0, 0.1) is 6.92 Å². The van der Waals surface area contributed by atoms with E-state index in [0.29, 0.717) is 37.1 Å². The Morgan fingerprint density at radius 1 is 1.03 bits per heavy atom. The molecule has 4 rings (SSSR count). The van der Waals surface area contributed by atoms with E-state index in [1.54, 1.807) is 20.4 Å². The van der Waals surface area contributed by atoms with E-state index >= 15 is 0 Å². The monoisotopic (exact) mass is 476 g/mol. The van der Waals surface area contributed by atoms with Gasteiger partial charge < -0.3 is 23.8 Å². The molecule has 1 saturated heterocycles. The molecule has 0 saturated carbocycles. The molecule has 3 aromatic rings. The Bertz CT molecular complexity index is 1150. The molecule has 35 heavy (non-hydrogen) atoms. The summed E-state index contributed by atoms with van der Waals surface area (Å²) < 4.78 is 22.4. The molecule has 8 nitrogen and oxygen atoms in total. The molecule has 1 fully saturated rings. The molecule has 184 valence electrons. The Kier molecular flexibility index (Phi) is 8.40. The number of benzene rings is 2. The van der Waals surface area contributed by atoms with Gasteiger partial charge in [-0.3, -0.25) is 5.43 Å². The van der Waals surface area contributed by atoms with E-state index in [4.69, 9.17) is 23.9 Å². The van der Waals surface area contributed by atoms with Gasteiger partial charge in [0, 0.05) is 31.6 Å². The number of hydrazone groups is 1. The van der Waals surface area contributed by atoms with Gasteiger partial charge in [-0.05, 0) is 30.2 Å². The van der Waals surface area contributed by atoms with Crippen LogP contribution in [0.2, 0.25) is 0 Å². The van der Waals surface area contributed by atoms with Crippen molar-refractivity contribution in [1.82, 2.24) is 4.98 Å². The first-order valence-electron chi connectivity index (χ1n) is 11.7. The first-order chi connectivity index (χ1) is 17.1. The predicted molar refractivity (Wildman–Crippen MR) is 138 cm³/mol.